The van der Waals surface area contributed by atoms with E-state index < -0.39 is 15.8 Å². The lowest BCUT2D eigenvalue weighted by atomic mass is 10.3. The Morgan fingerprint density at radius 1 is 1.47 bits per heavy atom. The van der Waals surface area contributed by atoms with Gasteiger partial charge in [-0.3, -0.25) is 9.71 Å². The third-order valence-corrected chi connectivity index (χ3v) is 4.54. The molecule has 2 aromatic rings. The van der Waals surface area contributed by atoms with Crippen molar-refractivity contribution < 1.29 is 12.8 Å². The predicted octanol–water partition coefficient (Wildman–Crippen LogP) is 1.74. The molecule has 1 atom stereocenters. The van der Waals surface area contributed by atoms with Crippen molar-refractivity contribution >= 4 is 38.4 Å². The van der Waals surface area contributed by atoms with Gasteiger partial charge in [-0.15, -0.1) is 11.6 Å². The zero-order valence-electron chi connectivity index (χ0n) is 10.1. The van der Waals surface area contributed by atoms with E-state index in [1.165, 1.54) is 18.2 Å². The maximum Gasteiger partial charge on any atom is 0.417 e. The molecule has 0 aliphatic carbocycles. The Kier molecular flexibility index (Phi) is 3.86. The first-order valence-electron chi connectivity index (χ1n) is 5.59. The van der Waals surface area contributed by atoms with Crippen molar-refractivity contribution in [2.75, 3.05) is 16.4 Å². The molecule has 1 unspecified atom stereocenters. The van der Waals surface area contributed by atoms with Gasteiger partial charge in [0, 0.05) is 5.88 Å². The van der Waals surface area contributed by atoms with Crippen LogP contribution in [0.15, 0.2) is 27.4 Å². The number of benzene rings is 1. The highest BCUT2D eigenvalue weighted by Gasteiger charge is 2.15. The molecule has 8 heteroatoms. The number of aromatic nitrogens is 1. The molecule has 6 nitrogen and oxygen atoms in total. The van der Waals surface area contributed by atoms with E-state index in [0.717, 1.165) is 0 Å². The van der Waals surface area contributed by atoms with Gasteiger partial charge in [-0.25, -0.2) is 13.2 Å². The molecule has 0 fully saturated rings. The van der Waals surface area contributed by atoms with Crippen molar-refractivity contribution in [3.8, 4) is 0 Å². The fourth-order valence-electron chi connectivity index (χ4n) is 1.66. The molecule has 0 amide bonds. The van der Waals surface area contributed by atoms with Crippen molar-refractivity contribution in [3.63, 3.8) is 0 Å². The van der Waals surface area contributed by atoms with Gasteiger partial charge in [0.15, 0.2) is 5.58 Å². The largest absolute Gasteiger partial charge is 0.417 e. The van der Waals surface area contributed by atoms with E-state index in [0.29, 0.717) is 16.8 Å². The lowest BCUT2D eigenvalue weighted by Gasteiger charge is -2.10. The van der Waals surface area contributed by atoms with Crippen molar-refractivity contribution in [1.29, 1.82) is 0 Å². The summed E-state index contributed by atoms with van der Waals surface area (Å²) >= 11 is 5.60. The molecule has 0 saturated carbocycles. The van der Waals surface area contributed by atoms with Crippen LogP contribution in [0.25, 0.3) is 11.1 Å². The summed E-state index contributed by atoms with van der Waals surface area (Å²) in [6.07, 6.45) is 0. The summed E-state index contributed by atoms with van der Waals surface area (Å²) in [5.74, 6) is -0.506. The maximum atomic E-state index is 11.8. The average molecular weight is 305 g/mol. The summed E-state index contributed by atoms with van der Waals surface area (Å²) in [7, 11) is -3.46. The number of hydrogen-bond donors (Lipinski definition) is 2. The van der Waals surface area contributed by atoms with E-state index in [4.69, 9.17) is 16.0 Å². The van der Waals surface area contributed by atoms with Crippen LogP contribution in [0.3, 0.4) is 0 Å². The molecule has 2 N–H and O–H groups in total. The molecule has 104 valence electrons. The van der Waals surface area contributed by atoms with E-state index >= 15 is 0 Å². The number of anilines is 1. The predicted molar refractivity (Wildman–Crippen MR) is 74.1 cm³/mol. The lowest BCUT2D eigenvalue weighted by Crippen LogP contribution is -2.22. The number of alkyl halides is 1. The summed E-state index contributed by atoms with van der Waals surface area (Å²) in [6, 6.07) is 4.56. The second kappa shape index (κ2) is 5.26. The van der Waals surface area contributed by atoms with Crippen molar-refractivity contribution in [3.05, 3.63) is 28.7 Å². The third kappa shape index (κ3) is 3.51. The van der Waals surface area contributed by atoms with Gasteiger partial charge in [-0.2, -0.15) is 0 Å². The Balaban J connectivity index is 2.23. The van der Waals surface area contributed by atoms with Crippen LogP contribution in [0.2, 0.25) is 0 Å². The molecule has 0 radical (unpaired) electrons. The van der Waals surface area contributed by atoms with E-state index in [1.807, 2.05) is 0 Å². The maximum absolute atomic E-state index is 11.8. The first-order chi connectivity index (χ1) is 8.89. The minimum absolute atomic E-state index is 0.0591. The number of oxazole rings is 1. The first-order valence-corrected chi connectivity index (χ1v) is 7.77. The van der Waals surface area contributed by atoms with E-state index in [-0.39, 0.29) is 17.6 Å². The molecule has 1 aromatic carbocycles. The Hall–Kier alpha value is -1.47. The number of halogens is 1. The molecular weight excluding hydrogens is 292 g/mol. The summed E-state index contributed by atoms with van der Waals surface area (Å²) in [4.78, 5) is 13.5. The molecule has 0 aliphatic rings. The van der Waals surface area contributed by atoms with Gasteiger partial charge < -0.3 is 4.42 Å². The first kappa shape index (κ1) is 14.0. The molecule has 0 bridgehead atoms. The number of nitrogens with one attached hydrogen (secondary N) is 2. The highest BCUT2D eigenvalue weighted by molar-refractivity contribution is 7.92. The number of fused-ring (bicyclic) bond motifs is 1. The minimum Gasteiger partial charge on any atom is -0.408 e. The second-order valence-electron chi connectivity index (χ2n) is 4.37. The molecule has 0 spiro atoms. The van der Waals surface area contributed by atoms with Gasteiger partial charge in [-0.05, 0) is 24.1 Å². The Labute approximate surface area is 114 Å². The van der Waals surface area contributed by atoms with E-state index in [9.17, 15) is 13.2 Å². The summed E-state index contributed by atoms with van der Waals surface area (Å²) < 4.78 is 31.0. The number of rotatable bonds is 5. The summed E-state index contributed by atoms with van der Waals surface area (Å²) in [5.41, 5.74) is 1.18. The normalized spacial score (nSPS) is 13.6. The van der Waals surface area contributed by atoms with Crippen LogP contribution in [0.5, 0.6) is 0 Å². The quantitative estimate of drug-likeness (QED) is 0.823. The topological polar surface area (TPSA) is 92.2 Å². The average Bonchev–Trinajstić information content (AvgIpc) is 2.67. The fourth-order valence-corrected chi connectivity index (χ4v) is 3.33. The molecule has 0 saturated heterocycles. The highest BCUT2D eigenvalue weighted by atomic mass is 35.5. The van der Waals surface area contributed by atoms with Crippen LogP contribution in [-0.4, -0.2) is 25.0 Å². The summed E-state index contributed by atoms with van der Waals surface area (Å²) in [6.45, 7) is 1.75. The number of sulfonamides is 1. The zero-order chi connectivity index (χ0) is 14.0. The second-order valence-corrected chi connectivity index (χ2v) is 6.44. The zero-order valence-corrected chi connectivity index (χ0v) is 11.7. The minimum atomic E-state index is -3.46. The molecular formula is C11H13ClN2O4S. The highest BCUT2D eigenvalue weighted by Crippen LogP contribution is 2.18. The van der Waals surface area contributed by atoms with E-state index in [2.05, 4.69) is 9.71 Å². The third-order valence-electron chi connectivity index (χ3n) is 2.46. The van der Waals surface area contributed by atoms with Crippen molar-refractivity contribution in [2.45, 2.75) is 6.92 Å². The molecule has 2 rings (SSSR count). The molecule has 1 heterocycles. The van der Waals surface area contributed by atoms with Gasteiger partial charge >= 0.3 is 5.76 Å². The van der Waals surface area contributed by atoms with Crippen LogP contribution in [0, 0.1) is 5.92 Å². The Morgan fingerprint density at radius 2 is 2.21 bits per heavy atom. The number of H-pyrrole nitrogens is 1. The van der Waals surface area contributed by atoms with Gasteiger partial charge in [0.2, 0.25) is 10.0 Å². The SMILES string of the molecule is CC(CCl)CS(=O)(=O)Nc1ccc2oc(=O)[nH]c2c1. The van der Waals surface area contributed by atoms with Crippen LogP contribution in [-0.2, 0) is 10.0 Å². The van der Waals surface area contributed by atoms with Gasteiger partial charge in [0.1, 0.15) is 0 Å². The Morgan fingerprint density at radius 3 is 2.89 bits per heavy atom. The van der Waals surface area contributed by atoms with Gasteiger partial charge in [0.05, 0.1) is 17.0 Å². The van der Waals surface area contributed by atoms with Gasteiger partial charge in [-0.1, -0.05) is 6.92 Å². The lowest BCUT2D eigenvalue weighted by molar-refractivity contribution is 0.555. The monoisotopic (exact) mass is 304 g/mol. The number of hydrogen-bond acceptors (Lipinski definition) is 4. The van der Waals surface area contributed by atoms with E-state index in [1.54, 1.807) is 6.92 Å². The Bertz CT molecular complexity index is 734. The standard InChI is InChI=1S/C11H13ClN2O4S/c1-7(5-12)6-19(16,17)14-8-2-3-10-9(4-8)13-11(15)18-10/h2-4,7,14H,5-6H2,1H3,(H,13,15). The van der Waals surface area contributed by atoms with Crippen LogP contribution in [0.4, 0.5) is 5.69 Å². The molecule has 19 heavy (non-hydrogen) atoms. The van der Waals surface area contributed by atoms with Crippen LogP contribution in [0.1, 0.15) is 6.92 Å². The van der Waals surface area contributed by atoms with Crippen LogP contribution >= 0.6 is 11.6 Å². The molecule has 1 aromatic heterocycles. The number of aromatic amines is 1. The van der Waals surface area contributed by atoms with Crippen molar-refractivity contribution in [1.82, 2.24) is 4.98 Å². The van der Waals surface area contributed by atoms with Gasteiger partial charge in [0.25, 0.3) is 0 Å². The summed E-state index contributed by atoms with van der Waals surface area (Å²) in [5, 5.41) is 0. The fraction of sp³-hybridized carbons (Fsp3) is 0.364. The smallest absolute Gasteiger partial charge is 0.408 e. The van der Waals surface area contributed by atoms with Crippen LogP contribution < -0.4 is 10.5 Å². The van der Waals surface area contributed by atoms with Crippen molar-refractivity contribution in [2.24, 2.45) is 5.92 Å². The molecule has 0 aliphatic heterocycles.